The highest BCUT2D eigenvalue weighted by atomic mass is 16.5. The highest BCUT2D eigenvalue weighted by Gasteiger charge is 2.37. The van der Waals surface area contributed by atoms with E-state index in [2.05, 4.69) is 17.9 Å². The average molecular weight is 955 g/mol. The van der Waals surface area contributed by atoms with Gasteiger partial charge >= 0.3 is 5.97 Å². The van der Waals surface area contributed by atoms with E-state index in [1.165, 1.54) is 19.8 Å². The van der Waals surface area contributed by atoms with Crippen molar-refractivity contribution in [1.82, 2.24) is 19.7 Å². The summed E-state index contributed by atoms with van der Waals surface area (Å²) >= 11 is 0. The number of esters is 1. The number of aromatic nitrogens is 1. The van der Waals surface area contributed by atoms with E-state index in [0.717, 1.165) is 12.8 Å². The highest BCUT2D eigenvalue weighted by molar-refractivity contribution is 6.04. The molecule has 2 fully saturated rings. The molecule has 2 amide bonds. The quantitative estimate of drug-likeness (QED) is 0.0490. The lowest BCUT2D eigenvalue weighted by molar-refractivity contribution is -0.143. The van der Waals surface area contributed by atoms with E-state index in [1.54, 1.807) is 38.3 Å². The Morgan fingerprint density at radius 1 is 0.739 bits per heavy atom. The Labute approximate surface area is 404 Å². The van der Waals surface area contributed by atoms with Crippen LogP contribution in [-0.4, -0.2) is 162 Å². The summed E-state index contributed by atoms with van der Waals surface area (Å²) < 4.78 is 52.2. The molecule has 0 radical (unpaired) electrons. The van der Waals surface area contributed by atoms with Crippen LogP contribution in [0.15, 0.2) is 58.0 Å². The third-order valence-corrected chi connectivity index (χ3v) is 12.4. The summed E-state index contributed by atoms with van der Waals surface area (Å²) in [5.41, 5.74) is 4.17. The number of nitrogens with zero attached hydrogens (tertiary/aromatic N) is 6. The number of rotatable bonds is 26. The minimum Gasteiger partial charge on any atom is -0.493 e. The molecule has 5 heterocycles. The number of fused-ring (bicyclic) bond motifs is 4. The maximum Gasteiger partial charge on any atom is 0.305 e. The van der Waals surface area contributed by atoms with Crippen molar-refractivity contribution >= 4 is 41.6 Å². The zero-order chi connectivity index (χ0) is 48.7. The van der Waals surface area contributed by atoms with Crippen molar-refractivity contribution < 1.29 is 57.0 Å². The molecule has 2 aromatic carbocycles. The number of hydrogen-bond donors (Lipinski definition) is 0. The lowest BCUT2D eigenvalue weighted by Crippen LogP contribution is -2.35. The zero-order valence-corrected chi connectivity index (χ0v) is 40.7. The van der Waals surface area contributed by atoms with E-state index in [4.69, 9.17) is 57.6 Å². The summed E-state index contributed by atoms with van der Waals surface area (Å²) in [6, 6.07) is 10.3. The van der Waals surface area contributed by atoms with Gasteiger partial charge in [-0.3, -0.25) is 34.3 Å². The monoisotopic (exact) mass is 954 g/mol. The molecule has 3 atom stereocenters. The molecule has 4 aliphatic heterocycles. The number of methoxy groups -OCH3 is 3. The van der Waals surface area contributed by atoms with Crippen LogP contribution in [-0.2, 0) is 37.0 Å². The Balaban J connectivity index is 1.08. The van der Waals surface area contributed by atoms with E-state index in [1.807, 2.05) is 41.3 Å². The van der Waals surface area contributed by atoms with Gasteiger partial charge in [-0.2, -0.15) is 0 Å². The number of pyridine rings is 1. The van der Waals surface area contributed by atoms with Gasteiger partial charge in [0.25, 0.3) is 11.8 Å². The van der Waals surface area contributed by atoms with Gasteiger partial charge in [0.1, 0.15) is 25.6 Å². The van der Waals surface area contributed by atoms with Crippen molar-refractivity contribution in [2.75, 3.05) is 100 Å². The van der Waals surface area contributed by atoms with Gasteiger partial charge in [-0.25, -0.2) is 0 Å². The molecule has 0 saturated carbocycles. The van der Waals surface area contributed by atoms with Gasteiger partial charge in [0.15, 0.2) is 23.0 Å². The molecule has 18 nitrogen and oxygen atoms in total. The van der Waals surface area contributed by atoms with Crippen LogP contribution in [0.4, 0.5) is 11.4 Å². The Morgan fingerprint density at radius 2 is 1.35 bits per heavy atom. The van der Waals surface area contributed by atoms with Crippen molar-refractivity contribution in [3.63, 3.8) is 0 Å². The normalized spacial score (nSPS) is 18.7. The second-order valence-corrected chi connectivity index (χ2v) is 17.3. The third-order valence-electron chi connectivity index (χ3n) is 12.4. The molecular weight excluding hydrogens is 889 g/mol. The number of hydrogen-bond acceptors (Lipinski definition) is 16. The first kappa shape index (κ1) is 50.8. The molecule has 372 valence electrons. The molecule has 2 saturated heterocycles. The minimum absolute atomic E-state index is 0.0121. The van der Waals surface area contributed by atoms with Gasteiger partial charge in [-0.1, -0.05) is 18.6 Å². The fraction of sp³-hybridized carbons (Fsp3) is 0.529. The second kappa shape index (κ2) is 25.0. The third kappa shape index (κ3) is 13.4. The van der Waals surface area contributed by atoms with Gasteiger partial charge < -0.3 is 52.4 Å². The second-order valence-electron chi connectivity index (χ2n) is 17.3. The van der Waals surface area contributed by atoms with Crippen LogP contribution in [0.1, 0.15) is 78.6 Å². The Morgan fingerprint density at radius 3 is 1.97 bits per heavy atom. The number of ether oxygens (including phenoxy) is 9. The first-order valence-electron chi connectivity index (χ1n) is 23.8. The van der Waals surface area contributed by atoms with Crippen molar-refractivity contribution in [2.24, 2.45) is 15.9 Å². The number of aliphatic imine (C=N–C) groups is 2. The predicted molar refractivity (Wildman–Crippen MR) is 258 cm³/mol. The summed E-state index contributed by atoms with van der Waals surface area (Å²) in [6.07, 6.45) is 8.25. The van der Waals surface area contributed by atoms with Crippen LogP contribution in [0.3, 0.4) is 0 Å². The van der Waals surface area contributed by atoms with Crippen molar-refractivity contribution in [3.8, 4) is 28.7 Å². The van der Waals surface area contributed by atoms with Crippen molar-refractivity contribution in [2.45, 2.75) is 71.8 Å². The summed E-state index contributed by atoms with van der Waals surface area (Å²) in [5.74, 6) is 2.06. The fourth-order valence-electron chi connectivity index (χ4n) is 8.77. The molecule has 18 heteroatoms. The van der Waals surface area contributed by atoms with E-state index in [9.17, 15) is 14.4 Å². The highest BCUT2D eigenvalue weighted by Crippen LogP contribution is 2.41. The Kier molecular flexibility index (Phi) is 18.4. The summed E-state index contributed by atoms with van der Waals surface area (Å²) in [7, 11) is 4.70. The molecule has 0 N–H and O–H groups in total. The van der Waals surface area contributed by atoms with Gasteiger partial charge in [0.2, 0.25) is 0 Å². The molecule has 1 aromatic heterocycles. The standard InChI is InChI=1S/C51H66N6O12/c1-7-35-21-39-29-53-44-27-48(46(63-6)25-42(44)51(60)57(39)31-35)69-33-37-23-40(67-15-13-55(11-9-10-49(58)66-8-2)12-14-64-18-19-65-17-16-61-4)22-36(54-37)32-68-47-26-43-41(24-45(47)62-5)50(59)56-30-34(3)20-38(56)28-52-43/h7,22-29,34,38-39H,8-21,30-33H2,1-6H3/b35-7+/t34?,38?,39-/m0/s1. The molecule has 3 aromatic rings. The summed E-state index contributed by atoms with van der Waals surface area (Å²) in [5, 5.41) is 0. The lowest BCUT2D eigenvalue weighted by atomic mass is 10.1. The average Bonchev–Trinajstić information content (AvgIpc) is 3.89. The van der Waals surface area contributed by atoms with Crippen LogP contribution < -0.4 is 23.7 Å². The lowest BCUT2D eigenvalue weighted by Gasteiger charge is -2.22. The smallest absolute Gasteiger partial charge is 0.305 e. The van der Waals surface area contributed by atoms with Crippen LogP contribution in [0.25, 0.3) is 0 Å². The largest absolute Gasteiger partial charge is 0.493 e. The predicted octanol–water partition coefficient (Wildman–Crippen LogP) is 6.40. The van der Waals surface area contributed by atoms with Gasteiger partial charge in [-0.05, 0) is 57.7 Å². The molecule has 0 spiro atoms. The van der Waals surface area contributed by atoms with Crippen LogP contribution >= 0.6 is 0 Å². The maximum atomic E-state index is 13.7. The molecule has 7 rings (SSSR count). The van der Waals surface area contributed by atoms with E-state index >= 15 is 0 Å². The van der Waals surface area contributed by atoms with Crippen LogP contribution in [0.2, 0.25) is 0 Å². The summed E-state index contributed by atoms with van der Waals surface area (Å²) in [4.78, 5) is 59.8. The maximum absolute atomic E-state index is 13.7. The van der Waals surface area contributed by atoms with E-state index in [0.29, 0.717) is 160 Å². The first-order chi connectivity index (χ1) is 33.6. The van der Waals surface area contributed by atoms with Gasteiger partial charge in [0, 0.05) is 76.4 Å². The Hall–Kier alpha value is -6.08. The molecular formula is C51H66N6O12. The van der Waals surface area contributed by atoms with Crippen molar-refractivity contribution in [1.29, 1.82) is 0 Å². The number of allylic oxidation sites excluding steroid dienone is 1. The zero-order valence-electron chi connectivity index (χ0n) is 40.7. The molecule has 0 bridgehead atoms. The van der Waals surface area contributed by atoms with Crippen LogP contribution in [0, 0.1) is 5.92 Å². The molecule has 4 aliphatic rings. The van der Waals surface area contributed by atoms with E-state index < -0.39 is 0 Å². The number of benzene rings is 2. The van der Waals surface area contributed by atoms with Gasteiger partial charge in [0.05, 0.1) is 99.8 Å². The Bertz CT molecular complexity index is 2360. The van der Waals surface area contributed by atoms with Gasteiger partial charge in [-0.15, -0.1) is 0 Å². The number of carbonyl (C=O) groups is 3. The molecule has 2 unspecified atom stereocenters. The SMILES string of the molecule is C/C=C1\C[C@H]2C=Nc3cc(OCc4cc(OCCN(CCCC(=O)OCC)CCOCCOCCOC)cc(COc5cc6c(cc5OC)C(=O)N5CC(C)CC5C=N6)n4)c(OC)cc3C(=O)N2C1. The minimum atomic E-state index is -0.229. The topological polar surface area (TPSA) is 182 Å². The first-order valence-corrected chi connectivity index (χ1v) is 23.8. The molecule has 0 aliphatic carbocycles. The van der Waals surface area contributed by atoms with E-state index in [-0.39, 0.29) is 43.1 Å². The van der Waals surface area contributed by atoms with Crippen molar-refractivity contribution in [3.05, 3.63) is 70.6 Å². The van der Waals surface area contributed by atoms with Crippen LogP contribution in [0.5, 0.6) is 28.7 Å². The number of carbonyl (C=O) groups excluding carboxylic acids is 3. The summed E-state index contributed by atoms with van der Waals surface area (Å²) in [6.45, 7) is 12.0. The fourth-order valence-corrected chi connectivity index (χ4v) is 8.77. The molecule has 69 heavy (non-hydrogen) atoms. The number of amides is 2.